The zero-order chi connectivity index (χ0) is 19.3. The summed E-state index contributed by atoms with van der Waals surface area (Å²) in [5.74, 6) is 0.149. The molecule has 0 amide bonds. The van der Waals surface area contributed by atoms with E-state index in [1.165, 1.54) is 0 Å². The van der Waals surface area contributed by atoms with E-state index in [9.17, 15) is 9.59 Å². The molecular weight excluding hydrogens is 358 g/mol. The van der Waals surface area contributed by atoms with Crippen LogP contribution in [0.1, 0.15) is 17.0 Å². The predicted molar refractivity (Wildman–Crippen MR) is 100 cm³/mol. The van der Waals surface area contributed by atoms with Crippen molar-refractivity contribution in [2.45, 2.75) is 12.8 Å². The Hall–Kier alpha value is -2.96. The largest absolute Gasteiger partial charge is 0.464 e. The van der Waals surface area contributed by atoms with Gasteiger partial charge in [0.2, 0.25) is 0 Å². The normalized spacial score (nSPS) is 20.2. The minimum absolute atomic E-state index is 0.0290. The highest BCUT2D eigenvalue weighted by Crippen LogP contribution is 2.42. The average Bonchev–Trinajstić information content (AvgIpc) is 3.22. The Labute approximate surface area is 161 Å². The first-order valence-corrected chi connectivity index (χ1v) is 9.23. The van der Waals surface area contributed by atoms with E-state index in [0.717, 1.165) is 33.8 Å². The molecule has 6 nitrogen and oxygen atoms in total. The van der Waals surface area contributed by atoms with Gasteiger partial charge in [0.25, 0.3) is 0 Å². The summed E-state index contributed by atoms with van der Waals surface area (Å²) >= 11 is 0. The lowest BCUT2D eigenvalue weighted by Gasteiger charge is -2.37. The molecular formula is C22H19NO5. The van der Waals surface area contributed by atoms with E-state index in [1.807, 2.05) is 37.3 Å². The second-order valence-electron chi connectivity index (χ2n) is 7.23. The van der Waals surface area contributed by atoms with Crippen LogP contribution >= 0.6 is 0 Å². The van der Waals surface area contributed by atoms with Crippen molar-refractivity contribution in [3.05, 3.63) is 70.3 Å². The molecule has 1 aromatic carbocycles. The van der Waals surface area contributed by atoms with Crippen molar-refractivity contribution in [2.75, 3.05) is 26.4 Å². The molecule has 4 heterocycles. The monoisotopic (exact) mass is 377 g/mol. The maximum atomic E-state index is 12.8. The van der Waals surface area contributed by atoms with Gasteiger partial charge >= 0.3 is 0 Å². The van der Waals surface area contributed by atoms with Crippen molar-refractivity contribution >= 4 is 11.6 Å². The zero-order valence-electron chi connectivity index (χ0n) is 15.4. The smallest absolute Gasteiger partial charge is 0.187 e. The predicted octanol–water partition coefficient (Wildman–Crippen LogP) is 2.65. The fourth-order valence-corrected chi connectivity index (χ4v) is 4.19. The van der Waals surface area contributed by atoms with E-state index in [2.05, 4.69) is 5.32 Å². The van der Waals surface area contributed by atoms with Crippen LogP contribution in [0.15, 0.2) is 63.6 Å². The first kappa shape index (κ1) is 17.2. The summed E-state index contributed by atoms with van der Waals surface area (Å²) in [5, 5.41) is 3.22. The van der Waals surface area contributed by atoms with E-state index in [-0.39, 0.29) is 24.8 Å². The number of furan rings is 1. The van der Waals surface area contributed by atoms with Crippen molar-refractivity contribution in [1.82, 2.24) is 5.32 Å². The summed E-state index contributed by atoms with van der Waals surface area (Å²) in [7, 11) is 0. The van der Waals surface area contributed by atoms with Crippen molar-refractivity contribution in [1.29, 1.82) is 0 Å². The Morgan fingerprint density at radius 3 is 2.21 bits per heavy atom. The number of hydrogen-bond acceptors (Lipinski definition) is 6. The summed E-state index contributed by atoms with van der Waals surface area (Å²) in [4.78, 5) is 25.5. The van der Waals surface area contributed by atoms with Crippen LogP contribution in [-0.4, -0.2) is 38.0 Å². The van der Waals surface area contributed by atoms with Crippen LogP contribution in [0, 0.1) is 6.92 Å². The van der Waals surface area contributed by atoms with Gasteiger partial charge in [-0.15, -0.1) is 0 Å². The molecule has 1 N–H and O–H groups in total. The molecule has 3 aliphatic heterocycles. The molecule has 2 aromatic rings. The van der Waals surface area contributed by atoms with Crippen LogP contribution in [0.4, 0.5) is 0 Å². The molecule has 142 valence electrons. The molecule has 1 aromatic heterocycles. The van der Waals surface area contributed by atoms with Gasteiger partial charge in [0.15, 0.2) is 11.6 Å². The van der Waals surface area contributed by atoms with Crippen molar-refractivity contribution < 1.29 is 23.5 Å². The first-order valence-electron chi connectivity index (χ1n) is 9.23. The third-order valence-electron chi connectivity index (χ3n) is 5.47. The summed E-state index contributed by atoms with van der Waals surface area (Å²) in [5.41, 5.74) is 5.59. The quantitative estimate of drug-likeness (QED) is 0.867. The molecule has 3 aliphatic rings. The zero-order valence-corrected chi connectivity index (χ0v) is 15.4. The van der Waals surface area contributed by atoms with E-state index in [0.29, 0.717) is 24.4 Å². The number of dihydropyridines is 1. The number of benzene rings is 1. The Balaban J connectivity index is 1.71. The van der Waals surface area contributed by atoms with E-state index in [1.54, 1.807) is 6.26 Å². The lowest BCUT2D eigenvalue weighted by atomic mass is 9.75. The number of rotatable bonds is 2. The van der Waals surface area contributed by atoms with E-state index in [4.69, 9.17) is 13.9 Å². The lowest BCUT2D eigenvalue weighted by molar-refractivity contribution is -0.122. The highest BCUT2D eigenvalue weighted by molar-refractivity contribution is 6.07. The van der Waals surface area contributed by atoms with E-state index >= 15 is 0 Å². The molecule has 5 rings (SSSR count). The maximum absolute atomic E-state index is 12.8. The second-order valence-corrected chi connectivity index (χ2v) is 7.23. The van der Waals surface area contributed by atoms with Gasteiger partial charge in [-0.2, -0.15) is 0 Å². The van der Waals surface area contributed by atoms with Gasteiger partial charge in [0.1, 0.15) is 19.0 Å². The standard InChI is InChI=1S/C22H19NO5/c1-12-4-5-13(7-14(12)19-3-2-6-28-19)20-21-15(8-26-10-17(21)24)23-16-9-27-11-18(25)22(16)20/h2-7,20,23H,8-11H2,1H3. The Morgan fingerprint density at radius 2 is 1.61 bits per heavy atom. The Morgan fingerprint density at radius 1 is 0.929 bits per heavy atom. The van der Waals surface area contributed by atoms with Crippen molar-refractivity contribution in [3.8, 4) is 11.3 Å². The summed E-state index contributed by atoms with van der Waals surface area (Å²) in [6.45, 7) is 2.71. The summed E-state index contributed by atoms with van der Waals surface area (Å²) in [6, 6.07) is 9.76. The molecule has 28 heavy (non-hydrogen) atoms. The maximum Gasteiger partial charge on any atom is 0.187 e. The fourth-order valence-electron chi connectivity index (χ4n) is 4.19. The number of Topliss-reactive ketones (excluding diaryl/α,β-unsaturated/α-hetero) is 2. The molecule has 0 spiro atoms. The molecule has 0 radical (unpaired) electrons. The summed E-state index contributed by atoms with van der Waals surface area (Å²) < 4.78 is 16.4. The number of hydrogen-bond donors (Lipinski definition) is 1. The van der Waals surface area contributed by atoms with Crippen LogP contribution in [0.3, 0.4) is 0 Å². The molecule has 0 saturated carbocycles. The highest BCUT2D eigenvalue weighted by Gasteiger charge is 2.41. The molecule has 0 aliphatic carbocycles. The molecule has 0 unspecified atom stereocenters. The number of carbonyl (C=O) groups is 2. The van der Waals surface area contributed by atoms with Crippen LogP contribution in [0.25, 0.3) is 11.3 Å². The Kier molecular flexibility index (Phi) is 4.03. The second kappa shape index (κ2) is 6.58. The molecule has 0 fully saturated rings. The third-order valence-corrected chi connectivity index (χ3v) is 5.47. The van der Waals surface area contributed by atoms with Gasteiger partial charge in [-0.1, -0.05) is 12.1 Å². The lowest BCUT2D eigenvalue weighted by Crippen LogP contribution is -2.42. The number of nitrogens with one attached hydrogen (secondary N) is 1. The van der Waals surface area contributed by atoms with Gasteiger partial charge in [-0.25, -0.2) is 0 Å². The Bertz CT molecular complexity index is 1000. The number of aryl methyl sites for hydroxylation is 1. The minimum Gasteiger partial charge on any atom is -0.464 e. The van der Waals surface area contributed by atoms with Gasteiger partial charge < -0.3 is 19.2 Å². The van der Waals surface area contributed by atoms with E-state index < -0.39 is 5.92 Å². The third kappa shape index (κ3) is 2.65. The van der Waals surface area contributed by atoms with Crippen molar-refractivity contribution in [3.63, 3.8) is 0 Å². The average molecular weight is 377 g/mol. The summed E-state index contributed by atoms with van der Waals surface area (Å²) in [6.07, 6.45) is 1.64. The van der Waals surface area contributed by atoms with Crippen LogP contribution in [0.2, 0.25) is 0 Å². The minimum atomic E-state index is -0.423. The number of ether oxygens (including phenoxy) is 2. The van der Waals surface area contributed by atoms with Gasteiger partial charge in [0.05, 0.1) is 19.5 Å². The highest BCUT2D eigenvalue weighted by atomic mass is 16.5. The fraction of sp³-hybridized carbons (Fsp3) is 0.273. The molecule has 6 heteroatoms. The van der Waals surface area contributed by atoms with Gasteiger partial charge in [-0.3, -0.25) is 9.59 Å². The van der Waals surface area contributed by atoms with Crippen LogP contribution in [0.5, 0.6) is 0 Å². The van der Waals surface area contributed by atoms with Crippen molar-refractivity contribution in [2.24, 2.45) is 0 Å². The molecule has 0 atom stereocenters. The van der Waals surface area contributed by atoms with Gasteiger partial charge in [0, 0.05) is 34.0 Å². The number of carbonyl (C=O) groups excluding carboxylic acids is 2. The number of ketones is 2. The topological polar surface area (TPSA) is 77.8 Å². The SMILES string of the molecule is Cc1ccc(C2C3=C(COCC3=O)NC3=C2C(=O)COC3)cc1-c1ccco1. The van der Waals surface area contributed by atoms with Crippen LogP contribution < -0.4 is 5.32 Å². The van der Waals surface area contributed by atoms with Crippen LogP contribution in [-0.2, 0) is 19.1 Å². The first-order chi connectivity index (χ1) is 13.6. The molecule has 0 bridgehead atoms. The molecule has 0 saturated heterocycles. The van der Waals surface area contributed by atoms with Gasteiger partial charge in [-0.05, 0) is 36.2 Å².